The van der Waals surface area contributed by atoms with Crippen LogP contribution in [0.15, 0.2) is 42.5 Å². The summed E-state index contributed by atoms with van der Waals surface area (Å²) in [6.45, 7) is 1.78. The van der Waals surface area contributed by atoms with Crippen LogP contribution in [0.1, 0.15) is 35.6 Å². The minimum absolute atomic E-state index is 0.00157. The van der Waals surface area contributed by atoms with Gasteiger partial charge in [0.2, 0.25) is 5.91 Å². The lowest BCUT2D eigenvalue weighted by atomic mass is 10.0. The Labute approximate surface area is 169 Å². The van der Waals surface area contributed by atoms with Gasteiger partial charge in [-0.2, -0.15) is 0 Å². The highest BCUT2D eigenvalue weighted by molar-refractivity contribution is 5.94. The number of aryl methyl sites for hydroxylation is 2. The summed E-state index contributed by atoms with van der Waals surface area (Å²) in [6.07, 6.45) is 1.10. The molecule has 7 heteroatoms. The summed E-state index contributed by atoms with van der Waals surface area (Å²) in [5, 5.41) is 5.64. The molecule has 0 saturated heterocycles. The molecule has 0 bridgehead atoms. The molecule has 1 heterocycles. The standard InChI is InChI=1S/C22H24N2O5/c1-14-3-5-15(6-4-14)19(12-22(27)28-2)24-21(26)13-29-17-8-9-18-16(11-17)7-10-20(25)23-18/h3-6,8-9,11,19H,7,10,12-13H2,1-2H3,(H,23,25)(H,24,26). The molecule has 0 saturated carbocycles. The molecule has 1 aliphatic rings. The van der Waals surface area contributed by atoms with Gasteiger partial charge in [0.1, 0.15) is 5.75 Å². The van der Waals surface area contributed by atoms with Crippen molar-refractivity contribution in [1.82, 2.24) is 5.32 Å². The zero-order valence-corrected chi connectivity index (χ0v) is 16.5. The van der Waals surface area contributed by atoms with Crippen LogP contribution in [0.4, 0.5) is 5.69 Å². The Bertz CT molecular complexity index is 908. The number of fused-ring (bicyclic) bond motifs is 1. The van der Waals surface area contributed by atoms with Gasteiger partial charge in [-0.25, -0.2) is 0 Å². The maximum Gasteiger partial charge on any atom is 0.307 e. The fraction of sp³-hybridized carbons (Fsp3) is 0.318. The minimum Gasteiger partial charge on any atom is -0.484 e. The van der Waals surface area contributed by atoms with Crippen molar-refractivity contribution in [2.75, 3.05) is 19.0 Å². The first-order chi connectivity index (χ1) is 13.9. The smallest absolute Gasteiger partial charge is 0.307 e. The van der Waals surface area contributed by atoms with Crippen molar-refractivity contribution in [3.8, 4) is 5.75 Å². The summed E-state index contributed by atoms with van der Waals surface area (Å²) in [5.41, 5.74) is 3.66. The van der Waals surface area contributed by atoms with E-state index in [-0.39, 0.29) is 24.8 Å². The number of methoxy groups -OCH3 is 1. The number of benzene rings is 2. The quantitative estimate of drug-likeness (QED) is 0.702. The van der Waals surface area contributed by atoms with Crippen molar-refractivity contribution in [2.24, 2.45) is 0 Å². The summed E-state index contributed by atoms with van der Waals surface area (Å²) in [5.74, 6) is -0.202. The second-order valence-electron chi connectivity index (χ2n) is 6.97. The van der Waals surface area contributed by atoms with Crippen molar-refractivity contribution in [1.29, 1.82) is 0 Å². The maximum absolute atomic E-state index is 12.4. The summed E-state index contributed by atoms with van der Waals surface area (Å²) in [6, 6.07) is 12.4. The normalized spacial score (nSPS) is 13.7. The van der Waals surface area contributed by atoms with Crippen LogP contribution >= 0.6 is 0 Å². The van der Waals surface area contributed by atoms with E-state index in [9.17, 15) is 14.4 Å². The first-order valence-corrected chi connectivity index (χ1v) is 9.43. The Morgan fingerprint density at radius 3 is 2.62 bits per heavy atom. The Kier molecular flexibility index (Phi) is 6.49. The van der Waals surface area contributed by atoms with Crippen LogP contribution in [0.3, 0.4) is 0 Å². The Hall–Kier alpha value is -3.35. The molecule has 0 spiro atoms. The molecule has 2 aromatic carbocycles. The van der Waals surface area contributed by atoms with Crippen LogP contribution in [0.5, 0.6) is 5.75 Å². The monoisotopic (exact) mass is 396 g/mol. The van der Waals surface area contributed by atoms with Gasteiger partial charge >= 0.3 is 5.97 Å². The van der Waals surface area contributed by atoms with Crippen LogP contribution in [0, 0.1) is 6.92 Å². The lowest BCUT2D eigenvalue weighted by Gasteiger charge is -2.19. The number of esters is 1. The van der Waals surface area contributed by atoms with E-state index < -0.39 is 12.0 Å². The number of hydrogen-bond acceptors (Lipinski definition) is 5. The number of carbonyl (C=O) groups excluding carboxylic acids is 3. The van der Waals surface area contributed by atoms with E-state index in [1.54, 1.807) is 12.1 Å². The second-order valence-corrected chi connectivity index (χ2v) is 6.97. The molecule has 29 heavy (non-hydrogen) atoms. The highest BCUT2D eigenvalue weighted by Crippen LogP contribution is 2.26. The largest absolute Gasteiger partial charge is 0.484 e. The van der Waals surface area contributed by atoms with Crippen LogP contribution < -0.4 is 15.4 Å². The van der Waals surface area contributed by atoms with Gasteiger partial charge in [-0.1, -0.05) is 29.8 Å². The van der Waals surface area contributed by atoms with Crippen molar-refractivity contribution < 1.29 is 23.9 Å². The van der Waals surface area contributed by atoms with E-state index in [0.29, 0.717) is 18.6 Å². The van der Waals surface area contributed by atoms with Crippen molar-refractivity contribution >= 4 is 23.5 Å². The fourth-order valence-electron chi connectivity index (χ4n) is 3.14. The molecule has 0 aromatic heterocycles. The van der Waals surface area contributed by atoms with Gasteiger partial charge in [-0.05, 0) is 42.7 Å². The number of nitrogens with one attached hydrogen (secondary N) is 2. The van der Waals surface area contributed by atoms with E-state index in [4.69, 9.17) is 9.47 Å². The average Bonchev–Trinajstić information content (AvgIpc) is 2.72. The summed E-state index contributed by atoms with van der Waals surface area (Å²) in [4.78, 5) is 35.6. The molecule has 7 nitrogen and oxygen atoms in total. The summed E-state index contributed by atoms with van der Waals surface area (Å²) < 4.78 is 10.4. The Morgan fingerprint density at radius 2 is 1.90 bits per heavy atom. The van der Waals surface area contributed by atoms with Crippen molar-refractivity contribution in [2.45, 2.75) is 32.2 Å². The number of hydrogen-bond donors (Lipinski definition) is 2. The van der Waals surface area contributed by atoms with E-state index in [1.807, 2.05) is 37.3 Å². The van der Waals surface area contributed by atoms with Gasteiger partial charge in [0, 0.05) is 12.1 Å². The number of carbonyl (C=O) groups is 3. The number of ether oxygens (including phenoxy) is 2. The zero-order chi connectivity index (χ0) is 20.8. The molecule has 2 N–H and O–H groups in total. The highest BCUT2D eigenvalue weighted by Gasteiger charge is 2.20. The summed E-state index contributed by atoms with van der Waals surface area (Å²) >= 11 is 0. The van der Waals surface area contributed by atoms with Gasteiger partial charge in [-0.3, -0.25) is 14.4 Å². The first-order valence-electron chi connectivity index (χ1n) is 9.43. The van der Waals surface area contributed by atoms with E-state index in [1.165, 1.54) is 7.11 Å². The van der Waals surface area contributed by atoms with Gasteiger partial charge in [0.15, 0.2) is 6.61 Å². The van der Waals surface area contributed by atoms with Gasteiger partial charge < -0.3 is 20.1 Å². The minimum atomic E-state index is -0.502. The van der Waals surface area contributed by atoms with Gasteiger partial charge in [0.25, 0.3) is 5.91 Å². The van der Waals surface area contributed by atoms with Gasteiger partial charge in [-0.15, -0.1) is 0 Å². The number of amides is 2. The average molecular weight is 396 g/mol. The van der Waals surface area contributed by atoms with Crippen molar-refractivity contribution in [3.05, 3.63) is 59.2 Å². The second kappa shape index (κ2) is 9.23. The molecule has 0 aliphatic carbocycles. The molecule has 0 fully saturated rings. The Morgan fingerprint density at radius 1 is 1.14 bits per heavy atom. The summed E-state index contributed by atoms with van der Waals surface area (Å²) in [7, 11) is 1.32. The molecule has 3 rings (SSSR count). The number of anilines is 1. The highest BCUT2D eigenvalue weighted by atomic mass is 16.5. The fourth-order valence-corrected chi connectivity index (χ4v) is 3.14. The lowest BCUT2D eigenvalue weighted by Crippen LogP contribution is -2.34. The zero-order valence-electron chi connectivity index (χ0n) is 16.5. The predicted octanol–water partition coefficient (Wildman–Crippen LogP) is 2.68. The van der Waals surface area contributed by atoms with Crippen LogP contribution in [0.2, 0.25) is 0 Å². The van der Waals surface area contributed by atoms with E-state index >= 15 is 0 Å². The molecular weight excluding hydrogens is 372 g/mol. The van der Waals surface area contributed by atoms with E-state index in [0.717, 1.165) is 22.4 Å². The third kappa shape index (κ3) is 5.57. The van der Waals surface area contributed by atoms with Crippen LogP contribution in [0.25, 0.3) is 0 Å². The molecular formula is C22H24N2O5. The molecule has 2 amide bonds. The Balaban J connectivity index is 1.61. The molecule has 1 unspecified atom stereocenters. The third-order valence-corrected chi connectivity index (χ3v) is 4.76. The molecule has 1 aliphatic heterocycles. The van der Waals surface area contributed by atoms with Crippen molar-refractivity contribution in [3.63, 3.8) is 0 Å². The van der Waals surface area contributed by atoms with Crippen LogP contribution in [-0.2, 0) is 25.5 Å². The molecule has 0 radical (unpaired) electrons. The van der Waals surface area contributed by atoms with Gasteiger partial charge in [0.05, 0.1) is 19.6 Å². The number of rotatable bonds is 7. The molecule has 2 aromatic rings. The SMILES string of the molecule is COC(=O)CC(NC(=O)COc1ccc2c(c1)CCC(=O)N2)c1ccc(C)cc1. The third-order valence-electron chi connectivity index (χ3n) is 4.76. The topological polar surface area (TPSA) is 93.7 Å². The predicted molar refractivity (Wildman–Crippen MR) is 108 cm³/mol. The molecule has 1 atom stereocenters. The lowest BCUT2D eigenvalue weighted by molar-refractivity contribution is -0.141. The first kappa shape index (κ1) is 20.4. The maximum atomic E-state index is 12.4. The van der Waals surface area contributed by atoms with Crippen LogP contribution in [-0.4, -0.2) is 31.5 Å². The van der Waals surface area contributed by atoms with E-state index in [2.05, 4.69) is 10.6 Å². The molecule has 152 valence electrons.